The molecule has 0 aromatic heterocycles. The Labute approximate surface area is 97.3 Å². The fraction of sp³-hybridized carbons (Fsp3) is 0.917. The zero-order valence-corrected chi connectivity index (χ0v) is 10.2. The summed E-state index contributed by atoms with van der Waals surface area (Å²) in [7, 11) is 1.97. The Morgan fingerprint density at radius 1 is 1.50 bits per heavy atom. The molecule has 1 N–H and O–H groups in total. The van der Waals surface area contributed by atoms with Crippen LogP contribution in [0.25, 0.3) is 0 Å². The van der Waals surface area contributed by atoms with Crippen LogP contribution in [0.4, 0.5) is 0 Å². The van der Waals surface area contributed by atoms with E-state index in [1.54, 1.807) is 0 Å². The normalized spacial score (nSPS) is 34.6. The Kier molecular flexibility index (Phi) is 3.82. The van der Waals surface area contributed by atoms with Crippen molar-refractivity contribution in [3.63, 3.8) is 0 Å². The molecule has 2 saturated heterocycles. The first kappa shape index (κ1) is 11.9. The van der Waals surface area contributed by atoms with Gasteiger partial charge in [0.15, 0.2) is 0 Å². The number of nitrogens with zero attached hydrogens (tertiary/aromatic N) is 1. The van der Waals surface area contributed by atoms with Gasteiger partial charge in [0.1, 0.15) is 0 Å². The van der Waals surface area contributed by atoms with E-state index in [0.717, 1.165) is 39.1 Å². The molecular formula is C12H22N2O2. The number of hydrogen-bond donors (Lipinski definition) is 1. The molecule has 3 atom stereocenters. The number of rotatable bonds is 3. The lowest BCUT2D eigenvalue weighted by molar-refractivity contribution is -0.136. The SMILES string of the molecule is CNCC1CCN(C(=O)C2CCOC2C)C1. The van der Waals surface area contributed by atoms with Crippen molar-refractivity contribution in [3.8, 4) is 0 Å². The van der Waals surface area contributed by atoms with Gasteiger partial charge in [0.05, 0.1) is 12.0 Å². The van der Waals surface area contributed by atoms with Gasteiger partial charge in [-0.15, -0.1) is 0 Å². The van der Waals surface area contributed by atoms with E-state index in [-0.39, 0.29) is 12.0 Å². The fourth-order valence-electron chi connectivity index (χ4n) is 2.78. The monoisotopic (exact) mass is 226 g/mol. The minimum Gasteiger partial charge on any atom is -0.378 e. The molecule has 2 fully saturated rings. The van der Waals surface area contributed by atoms with Gasteiger partial charge in [-0.3, -0.25) is 4.79 Å². The van der Waals surface area contributed by atoms with Gasteiger partial charge in [0, 0.05) is 19.7 Å². The van der Waals surface area contributed by atoms with Gasteiger partial charge in [0.2, 0.25) is 5.91 Å². The maximum atomic E-state index is 12.2. The molecular weight excluding hydrogens is 204 g/mol. The first-order valence-electron chi connectivity index (χ1n) is 6.27. The van der Waals surface area contributed by atoms with Gasteiger partial charge in [-0.1, -0.05) is 0 Å². The van der Waals surface area contributed by atoms with Crippen molar-refractivity contribution in [3.05, 3.63) is 0 Å². The smallest absolute Gasteiger partial charge is 0.228 e. The molecule has 0 spiro atoms. The lowest BCUT2D eigenvalue weighted by Crippen LogP contribution is -2.37. The van der Waals surface area contributed by atoms with E-state index < -0.39 is 0 Å². The summed E-state index contributed by atoms with van der Waals surface area (Å²) in [6, 6.07) is 0. The zero-order chi connectivity index (χ0) is 11.5. The number of carbonyl (C=O) groups excluding carboxylic acids is 1. The summed E-state index contributed by atoms with van der Waals surface area (Å²) in [4.78, 5) is 14.3. The largest absolute Gasteiger partial charge is 0.378 e. The summed E-state index contributed by atoms with van der Waals surface area (Å²) >= 11 is 0. The number of amides is 1. The highest BCUT2D eigenvalue weighted by Gasteiger charge is 2.36. The molecule has 2 heterocycles. The quantitative estimate of drug-likeness (QED) is 0.761. The van der Waals surface area contributed by atoms with Crippen LogP contribution in [-0.4, -0.2) is 50.2 Å². The minimum atomic E-state index is 0.105. The van der Waals surface area contributed by atoms with Crippen LogP contribution < -0.4 is 5.32 Å². The number of ether oxygens (including phenoxy) is 1. The van der Waals surface area contributed by atoms with Crippen LogP contribution in [0.2, 0.25) is 0 Å². The van der Waals surface area contributed by atoms with Gasteiger partial charge in [-0.05, 0) is 39.3 Å². The number of likely N-dealkylation sites (tertiary alicyclic amines) is 1. The second-order valence-electron chi connectivity index (χ2n) is 4.97. The zero-order valence-electron chi connectivity index (χ0n) is 10.2. The van der Waals surface area contributed by atoms with Crippen LogP contribution in [0.1, 0.15) is 19.8 Å². The second kappa shape index (κ2) is 5.15. The van der Waals surface area contributed by atoms with E-state index in [0.29, 0.717) is 11.8 Å². The summed E-state index contributed by atoms with van der Waals surface area (Å²) < 4.78 is 5.46. The highest BCUT2D eigenvalue weighted by molar-refractivity contribution is 5.80. The Hall–Kier alpha value is -0.610. The van der Waals surface area contributed by atoms with Crippen LogP contribution in [-0.2, 0) is 9.53 Å². The highest BCUT2D eigenvalue weighted by atomic mass is 16.5. The highest BCUT2D eigenvalue weighted by Crippen LogP contribution is 2.25. The minimum absolute atomic E-state index is 0.105. The summed E-state index contributed by atoms with van der Waals surface area (Å²) in [5.41, 5.74) is 0. The predicted octanol–water partition coefficient (Wildman–Crippen LogP) is 0.479. The Bertz CT molecular complexity index is 257. The number of carbonyl (C=O) groups is 1. The van der Waals surface area contributed by atoms with Crippen molar-refractivity contribution in [2.45, 2.75) is 25.9 Å². The van der Waals surface area contributed by atoms with Crippen molar-refractivity contribution < 1.29 is 9.53 Å². The van der Waals surface area contributed by atoms with Crippen molar-refractivity contribution in [2.75, 3.05) is 33.3 Å². The standard InChI is InChI=1S/C12H22N2O2/c1-9-11(4-6-16-9)12(15)14-5-3-10(8-14)7-13-2/h9-11,13H,3-8H2,1-2H3. The van der Waals surface area contributed by atoms with E-state index >= 15 is 0 Å². The van der Waals surface area contributed by atoms with Gasteiger partial charge in [0.25, 0.3) is 0 Å². The van der Waals surface area contributed by atoms with Crippen LogP contribution in [0.15, 0.2) is 0 Å². The van der Waals surface area contributed by atoms with Gasteiger partial charge >= 0.3 is 0 Å². The molecule has 2 aliphatic rings. The van der Waals surface area contributed by atoms with Crippen molar-refractivity contribution in [1.29, 1.82) is 0 Å². The van der Waals surface area contributed by atoms with Gasteiger partial charge in [-0.25, -0.2) is 0 Å². The molecule has 2 rings (SSSR count). The third-order valence-electron chi connectivity index (χ3n) is 3.78. The van der Waals surface area contributed by atoms with E-state index in [1.165, 1.54) is 0 Å². The lowest BCUT2D eigenvalue weighted by atomic mass is 10.0. The first-order chi connectivity index (χ1) is 7.72. The molecule has 0 aromatic rings. The summed E-state index contributed by atoms with van der Waals surface area (Å²) in [6.07, 6.45) is 2.14. The number of nitrogens with one attached hydrogen (secondary N) is 1. The van der Waals surface area contributed by atoms with Crippen LogP contribution in [0, 0.1) is 11.8 Å². The Morgan fingerprint density at radius 2 is 2.31 bits per heavy atom. The van der Waals surface area contributed by atoms with Crippen LogP contribution in [0.3, 0.4) is 0 Å². The molecule has 16 heavy (non-hydrogen) atoms. The van der Waals surface area contributed by atoms with E-state index in [1.807, 2.05) is 18.9 Å². The molecule has 2 aliphatic heterocycles. The molecule has 0 saturated carbocycles. The summed E-state index contributed by atoms with van der Waals surface area (Å²) in [6.45, 7) is 5.61. The maximum Gasteiger partial charge on any atom is 0.228 e. The van der Waals surface area contributed by atoms with E-state index in [9.17, 15) is 4.79 Å². The third-order valence-corrected chi connectivity index (χ3v) is 3.78. The molecule has 4 heteroatoms. The molecule has 0 bridgehead atoms. The Balaban J connectivity index is 1.86. The molecule has 4 nitrogen and oxygen atoms in total. The molecule has 1 amide bonds. The average Bonchev–Trinajstić information content (AvgIpc) is 2.87. The lowest BCUT2D eigenvalue weighted by Gasteiger charge is -2.22. The number of hydrogen-bond acceptors (Lipinski definition) is 3. The van der Waals surface area contributed by atoms with Crippen molar-refractivity contribution in [2.24, 2.45) is 11.8 Å². The molecule has 0 aromatic carbocycles. The summed E-state index contributed by atoms with van der Waals surface area (Å²) in [5.74, 6) is 1.04. The predicted molar refractivity (Wildman–Crippen MR) is 62.1 cm³/mol. The third kappa shape index (κ3) is 2.38. The fourth-order valence-corrected chi connectivity index (χ4v) is 2.78. The first-order valence-corrected chi connectivity index (χ1v) is 6.27. The van der Waals surface area contributed by atoms with Crippen molar-refractivity contribution >= 4 is 5.91 Å². The molecule has 92 valence electrons. The van der Waals surface area contributed by atoms with Gasteiger partial charge in [-0.2, -0.15) is 0 Å². The van der Waals surface area contributed by atoms with Crippen LogP contribution >= 0.6 is 0 Å². The van der Waals surface area contributed by atoms with Crippen LogP contribution in [0.5, 0.6) is 0 Å². The maximum absolute atomic E-state index is 12.2. The van der Waals surface area contributed by atoms with E-state index in [2.05, 4.69) is 5.32 Å². The van der Waals surface area contributed by atoms with Gasteiger partial charge < -0.3 is 15.0 Å². The molecule has 0 aliphatic carbocycles. The summed E-state index contributed by atoms with van der Waals surface area (Å²) in [5, 5.41) is 3.18. The molecule has 3 unspecified atom stereocenters. The second-order valence-corrected chi connectivity index (χ2v) is 4.97. The van der Waals surface area contributed by atoms with Crippen molar-refractivity contribution in [1.82, 2.24) is 10.2 Å². The average molecular weight is 226 g/mol. The van der Waals surface area contributed by atoms with E-state index in [4.69, 9.17) is 4.74 Å². The topological polar surface area (TPSA) is 41.6 Å². The Morgan fingerprint density at radius 3 is 2.94 bits per heavy atom. The molecule has 0 radical (unpaired) electrons.